The first-order valence-corrected chi connectivity index (χ1v) is 14.0. The molecule has 0 radical (unpaired) electrons. The summed E-state index contributed by atoms with van der Waals surface area (Å²) in [4.78, 5) is 17.8. The number of rotatable bonds is 7. The standard InChI is InChI=1S/C14H22N2O.C8H10AsNO5/c1-2-3-4-6-13-7-5-8-14(15-13)16-9-11-17-12-10-16;1-5(11)10-8-6(9(13,14)15)3-2-4-7(8)12/h5,7-8H,2-4,6,9-12H2,1H3;2-4,12H,1H3,(H,10,11)(H2,13,14,15). The number of phenols is 1. The van der Waals surface area contributed by atoms with Crippen LogP contribution >= 0.6 is 0 Å². The Labute approximate surface area is 191 Å². The van der Waals surface area contributed by atoms with Gasteiger partial charge in [0.25, 0.3) is 0 Å². The molecule has 3 rings (SSSR count). The van der Waals surface area contributed by atoms with Crippen LogP contribution in [0.5, 0.6) is 5.75 Å². The van der Waals surface area contributed by atoms with Gasteiger partial charge < -0.3 is 9.64 Å². The fraction of sp³-hybridized carbons (Fsp3) is 0.455. The second-order valence-electron chi connectivity index (χ2n) is 7.44. The van der Waals surface area contributed by atoms with Gasteiger partial charge in [0.2, 0.25) is 0 Å². The molecule has 4 N–H and O–H groups in total. The van der Waals surface area contributed by atoms with E-state index in [4.69, 9.17) is 17.9 Å². The monoisotopic (exact) mass is 509 g/mol. The van der Waals surface area contributed by atoms with E-state index in [2.05, 4.69) is 35.3 Å². The number of pyridine rings is 1. The molecule has 1 fully saturated rings. The van der Waals surface area contributed by atoms with Gasteiger partial charge in [0.15, 0.2) is 0 Å². The van der Waals surface area contributed by atoms with Gasteiger partial charge >= 0.3 is 88.1 Å². The molecule has 32 heavy (non-hydrogen) atoms. The molecule has 0 atom stereocenters. The zero-order chi connectivity index (χ0) is 23.6. The fourth-order valence-electron chi connectivity index (χ4n) is 3.21. The van der Waals surface area contributed by atoms with E-state index in [1.807, 2.05) is 0 Å². The second-order valence-corrected chi connectivity index (χ2v) is 10.7. The third kappa shape index (κ3) is 8.31. The number of morpholine rings is 1. The van der Waals surface area contributed by atoms with E-state index in [1.54, 1.807) is 0 Å². The van der Waals surface area contributed by atoms with E-state index in [0.717, 1.165) is 38.5 Å². The maximum Gasteiger partial charge on any atom is 0.128 e. The quantitative estimate of drug-likeness (QED) is 0.251. The number of phenolic OH excluding ortho intramolecular Hbond substituents is 1. The van der Waals surface area contributed by atoms with Gasteiger partial charge in [-0.05, 0) is 25.0 Å². The van der Waals surface area contributed by atoms with Crippen molar-refractivity contribution >= 4 is 35.9 Å². The maximum absolute atomic E-state index is 11.1. The van der Waals surface area contributed by atoms with Crippen molar-refractivity contribution in [1.82, 2.24) is 4.98 Å². The summed E-state index contributed by atoms with van der Waals surface area (Å²) in [6.07, 6.45) is 4.91. The Bertz CT molecular complexity index is 928. The molecule has 1 aliphatic rings. The molecule has 1 aromatic heterocycles. The molecular formula is C22H32AsN3O6. The number of nitrogens with one attached hydrogen (secondary N) is 1. The number of carbonyl (C=O) groups excluding carboxylic acids is 1. The van der Waals surface area contributed by atoms with Crippen LogP contribution in [0.1, 0.15) is 38.8 Å². The van der Waals surface area contributed by atoms with Crippen LogP contribution in [0.3, 0.4) is 0 Å². The van der Waals surface area contributed by atoms with Crippen molar-refractivity contribution in [1.29, 1.82) is 0 Å². The van der Waals surface area contributed by atoms with E-state index < -0.39 is 20.1 Å². The van der Waals surface area contributed by atoms with E-state index in [1.165, 1.54) is 50.1 Å². The Kier molecular flexibility index (Phi) is 10.3. The zero-order valence-electron chi connectivity index (χ0n) is 18.5. The van der Waals surface area contributed by atoms with Gasteiger partial charge in [0.1, 0.15) is 5.82 Å². The smallest absolute Gasteiger partial charge is 0.128 e. The minimum atomic E-state index is -5.14. The minimum absolute atomic E-state index is 0.225. The van der Waals surface area contributed by atoms with Crippen molar-refractivity contribution in [3.63, 3.8) is 0 Å². The predicted molar refractivity (Wildman–Crippen MR) is 123 cm³/mol. The Morgan fingerprint density at radius 3 is 2.47 bits per heavy atom. The van der Waals surface area contributed by atoms with Crippen molar-refractivity contribution < 1.29 is 26.6 Å². The largest absolute Gasteiger partial charge is 0.378 e. The average molecular weight is 509 g/mol. The molecule has 0 bridgehead atoms. The maximum atomic E-state index is 11.1. The van der Waals surface area contributed by atoms with Gasteiger partial charge in [0.05, 0.1) is 13.2 Å². The number of aromatic hydroxyl groups is 1. The van der Waals surface area contributed by atoms with Gasteiger partial charge in [-0.3, -0.25) is 0 Å². The SMILES string of the molecule is CC(=O)Nc1c(O)cccc1[As](=O)(O)O.CCCCCc1cccc(N2CCOCC2)n1. The number of hydrogen-bond donors (Lipinski definition) is 4. The molecule has 1 amide bonds. The van der Waals surface area contributed by atoms with E-state index >= 15 is 0 Å². The Morgan fingerprint density at radius 1 is 1.16 bits per heavy atom. The third-order valence-electron chi connectivity index (χ3n) is 4.80. The summed E-state index contributed by atoms with van der Waals surface area (Å²) < 4.78 is 34.1. The molecule has 0 aliphatic carbocycles. The third-order valence-corrected chi connectivity index (χ3v) is 6.90. The van der Waals surface area contributed by atoms with Gasteiger partial charge in [-0.2, -0.15) is 0 Å². The van der Waals surface area contributed by atoms with Crippen LogP contribution in [0.15, 0.2) is 36.4 Å². The average Bonchev–Trinajstić information content (AvgIpc) is 2.76. The van der Waals surface area contributed by atoms with Crippen LogP contribution in [-0.2, 0) is 19.7 Å². The summed E-state index contributed by atoms with van der Waals surface area (Å²) in [6, 6.07) is 10.1. The van der Waals surface area contributed by atoms with Crippen molar-refractivity contribution in [2.24, 2.45) is 0 Å². The number of para-hydroxylation sites is 1. The number of aromatic nitrogens is 1. The molecule has 2 aromatic rings. The Morgan fingerprint density at radius 2 is 1.84 bits per heavy atom. The Balaban J connectivity index is 0.000000229. The summed E-state index contributed by atoms with van der Waals surface area (Å²) in [5.74, 6) is 0.233. The number of aryl methyl sites for hydroxylation is 1. The first-order valence-electron chi connectivity index (χ1n) is 10.7. The number of ether oxygens (including phenoxy) is 1. The second kappa shape index (κ2) is 12.6. The molecular weight excluding hydrogens is 477 g/mol. The number of benzene rings is 1. The summed E-state index contributed by atoms with van der Waals surface area (Å²) >= 11 is -5.14. The molecule has 10 heteroatoms. The normalized spacial score (nSPS) is 13.8. The summed E-state index contributed by atoms with van der Waals surface area (Å²) in [7, 11) is 0. The number of carbonyl (C=O) groups is 1. The number of anilines is 2. The van der Waals surface area contributed by atoms with Crippen molar-refractivity contribution in [3.05, 3.63) is 42.1 Å². The summed E-state index contributed by atoms with van der Waals surface area (Å²) in [6.45, 7) is 6.99. The first-order chi connectivity index (χ1) is 15.2. The van der Waals surface area contributed by atoms with Crippen molar-refractivity contribution in [2.75, 3.05) is 36.5 Å². The number of unbranched alkanes of at least 4 members (excludes halogenated alkanes) is 2. The topological polar surface area (TPSA) is 132 Å². The van der Waals surface area contributed by atoms with Crippen LogP contribution in [-0.4, -0.2) is 64.7 Å². The number of amides is 1. The molecule has 0 unspecified atom stereocenters. The van der Waals surface area contributed by atoms with E-state index in [9.17, 15) is 13.6 Å². The van der Waals surface area contributed by atoms with Gasteiger partial charge in [-0.15, -0.1) is 0 Å². The van der Waals surface area contributed by atoms with Crippen LogP contribution in [0.4, 0.5) is 11.5 Å². The molecule has 2 heterocycles. The number of nitrogens with zero attached hydrogens (tertiary/aromatic N) is 2. The van der Waals surface area contributed by atoms with Crippen molar-refractivity contribution in [2.45, 2.75) is 39.5 Å². The fourth-order valence-corrected chi connectivity index (χ4v) is 4.76. The van der Waals surface area contributed by atoms with Gasteiger partial charge in [0, 0.05) is 18.8 Å². The molecule has 0 spiro atoms. The first kappa shape index (κ1) is 25.9. The number of hydrogen-bond acceptors (Lipinski definition) is 6. The zero-order valence-corrected chi connectivity index (χ0v) is 20.4. The van der Waals surface area contributed by atoms with Crippen LogP contribution in [0.2, 0.25) is 0 Å². The minimum Gasteiger partial charge on any atom is -0.378 e. The molecule has 1 saturated heterocycles. The van der Waals surface area contributed by atoms with Crippen LogP contribution < -0.4 is 14.6 Å². The Hall–Kier alpha value is -2.32. The van der Waals surface area contributed by atoms with Crippen molar-refractivity contribution in [3.8, 4) is 5.75 Å². The molecule has 176 valence electrons. The molecule has 1 aromatic carbocycles. The van der Waals surface area contributed by atoms with Gasteiger partial charge in [-0.1, -0.05) is 25.8 Å². The molecule has 0 saturated carbocycles. The van der Waals surface area contributed by atoms with E-state index in [0.29, 0.717) is 0 Å². The molecule has 9 nitrogen and oxygen atoms in total. The summed E-state index contributed by atoms with van der Waals surface area (Å²) in [5, 5.41) is 11.5. The van der Waals surface area contributed by atoms with Crippen LogP contribution in [0.25, 0.3) is 0 Å². The van der Waals surface area contributed by atoms with Crippen LogP contribution in [0, 0.1) is 0 Å². The van der Waals surface area contributed by atoms with Gasteiger partial charge in [-0.25, -0.2) is 4.98 Å². The summed E-state index contributed by atoms with van der Waals surface area (Å²) in [5.41, 5.74) is 1.000. The van der Waals surface area contributed by atoms with E-state index in [-0.39, 0.29) is 15.8 Å². The predicted octanol–water partition coefficient (Wildman–Crippen LogP) is 1.56. The molecule has 1 aliphatic heterocycles.